The summed E-state index contributed by atoms with van der Waals surface area (Å²) >= 11 is 0. The maximum Gasteiger partial charge on any atom is 0.298 e. The lowest BCUT2D eigenvalue weighted by atomic mass is 9.95. The van der Waals surface area contributed by atoms with Gasteiger partial charge in [-0.1, -0.05) is 25.0 Å². The average molecular weight is 341 g/mol. The molecule has 0 amide bonds. The molecule has 0 bridgehead atoms. The highest BCUT2D eigenvalue weighted by Gasteiger charge is 2.42. The standard InChI is InChI=1S/C20H27N3O2/c1-2-6-18-17(5-1)22-19(25-18)23-11-7-15(8-12-23)21-16-13-20(24-14-16)9-3-4-10-20/h1-2,5-6,15-16,21H,3-4,7-14H2/t16-/m0/s1. The van der Waals surface area contributed by atoms with Crippen molar-refractivity contribution >= 4 is 17.1 Å². The van der Waals surface area contributed by atoms with Gasteiger partial charge in [0, 0.05) is 25.2 Å². The maximum absolute atomic E-state index is 6.18. The summed E-state index contributed by atoms with van der Waals surface area (Å²) in [5, 5.41) is 3.86. The van der Waals surface area contributed by atoms with Gasteiger partial charge in [-0.05, 0) is 44.2 Å². The van der Waals surface area contributed by atoms with Crippen molar-refractivity contribution in [2.75, 3.05) is 24.6 Å². The van der Waals surface area contributed by atoms with E-state index < -0.39 is 0 Å². The first-order valence-electron chi connectivity index (χ1n) is 9.80. The highest BCUT2D eigenvalue weighted by Crippen LogP contribution is 2.41. The summed E-state index contributed by atoms with van der Waals surface area (Å²) in [4.78, 5) is 6.91. The van der Waals surface area contributed by atoms with E-state index in [1.807, 2.05) is 24.3 Å². The van der Waals surface area contributed by atoms with Gasteiger partial charge >= 0.3 is 0 Å². The first-order chi connectivity index (χ1) is 12.3. The number of piperidine rings is 1. The monoisotopic (exact) mass is 341 g/mol. The van der Waals surface area contributed by atoms with Crippen LogP contribution in [0.15, 0.2) is 28.7 Å². The molecule has 1 aromatic heterocycles. The lowest BCUT2D eigenvalue weighted by molar-refractivity contribution is 0.00978. The van der Waals surface area contributed by atoms with Gasteiger partial charge in [0.1, 0.15) is 5.52 Å². The zero-order valence-electron chi connectivity index (χ0n) is 14.7. The van der Waals surface area contributed by atoms with Crippen molar-refractivity contribution in [3.63, 3.8) is 0 Å². The average Bonchev–Trinajstić information content (AvgIpc) is 3.36. The summed E-state index contributed by atoms with van der Waals surface area (Å²) in [6, 6.07) is 9.90. The van der Waals surface area contributed by atoms with Crippen molar-refractivity contribution in [2.45, 2.75) is 62.6 Å². The quantitative estimate of drug-likeness (QED) is 0.926. The molecule has 2 aliphatic heterocycles. The third kappa shape index (κ3) is 3.04. The minimum Gasteiger partial charge on any atom is -0.423 e. The third-order valence-corrected chi connectivity index (χ3v) is 6.24. The van der Waals surface area contributed by atoms with Gasteiger partial charge in [-0.25, -0.2) is 0 Å². The molecule has 5 rings (SSSR count). The first-order valence-corrected chi connectivity index (χ1v) is 9.80. The molecule has 1 aromatic carbocycles. The van der Waals surface area contributed by atoms with Gasteiger partial charge in [0.05, 0.1) is 12.2 Å². The molecule has 3 heterocycles. The minimum atomic E-state index is 0.219. The smallest absolute Gasteiger partial charge is 0.298 e. The van der Waals surface area contributed by atoms with Crippen molar-refractivity contribution in [3.05, 3.63) is 24.3 Å². The number of ether oxygens (including phenoxy) is 1. The molecule has 1 saturated carbocycles. The number of nitrogens with zero attached hydrogens (tertiary/aromatic N) is 2. The lowest BCUT2D eigenvalue weighted by Crippen LogP contribution is -2.46. The van der Waals surface area contributed by atoms with E-state index in [1.165, 1.54) is 32.1 Å². The molecule has 3 fully saturated rings. The van der Waals surface area contributed by atoms with Crippen molar-refractivity contribution < 1.29 is 9.15 Å². The van der Waals surface area contributed by atoms with Crippen LogP contribution in [0.2, 0.25) is 0 Å². The Balaban J connectivity index is 1.16. The number of aromatic nitrogens is 1. The molecule has 0 unspecified atom stereocenters. The number of nitrogens with one attached hydrogen (secondary N) is 1. The van der Waals surface area contributed by atoms with E-state index in [9.17, 15) is 0 Å². The molecule has 3 aliphatic rings. The molecule has 2 aromatic rings. The SMILES string of the molecule is c1ccc2oc(N3CCC(N[C@@H]4COC5(CCCC5)C4)CC3)nc2c1. The fourth-order valence-electron chi connectivity index (χ4n) is 4.89. The molecule has 1 atom stereocenters. The Morgan fingerprint density at radius 3 is 2.68 bits per heavy atom. The van der Waals surface area contributed by atoms with E-state index in [1.54, 1.807) is 0 Å². The Labute approximate surface area is 148 Å². The van der Waals surface area contributed by atoms with Crippen LogP contribution in [0.1, 0.15) is 44.9 Å². The van der Waals surface area contributed by atoms with Crippen LogP contribution in [0.3, 0.4) is 0 Å². The summed E-state index contributed by atoms with van der Waals surface area (Å²) in [5.74, 6) is 0. The molecule has 1 aliphatic carbocycles. The summed E-state index contributed by atoms with van der Waals surface area (Å²) in [5.41, 5.74) is 2.04. The van der Waals surface area contributed by atoms with Gasteiger partial charge in [-0.15, -0.1) is 0 Å². The van der Waals surface area contributed by atoms with Crippen LogP contribution >= 0.6 is 0 Å². The number of rotatable bonds is 3. The molecule has 0 radical (unpaired) electrons. The van der Waals surface area contributed by atoms with Crippen molar-refractivity contribution in [2.24, 2.45) is 0 Å². The predicted molar refractivity (Wildman–Crippen MR) is 97.9 cm³/mol. The lowest BCUT2D eigenvalue weighted by Gasteiger charge is -2.33. The molecule has 25 heavy (non-hydrogen) atoms. The Morgan fingerprint density at radius 1 is 1.08 bits per heavy atom. The predicted octanol–water partition coefficient (Wildman–Crippen LogP) is 3.49. The van der Waals surface area contributed by atoms with E-state index in [-0.39, 0.29) is 5.60 Å². The van der Waals surface area contributed by atoms with Crippen molar-refractivity contribution in [1.29, 1.82) is 0 Å². The van der Waals surface area contributed by atoms with Gasteiger partial charge in [0.15, 0.2) is 5.58 Å². The van der Waals surface area contributed by atoms with Gasteiger partial charge in [-0.3, -0.25) is 0 Å². The second-order valence-electron chi connectivity index (χ2n) is 7.99. The van der Waals surface area contributed by atoms with Crippen LogP contribution in [0.5, 0.6) is 0 Å². The van der Waals surface area contributed by atoms with E-state index in [2.05, 4.69) is 15.2 Å². The Kier molecular flexibility index (Phi) is 3.94. The van der Waals surface area contributed by atoms with Gasteiger partial charge in [-0.2, -0.15) is 4.98 Å². The zero-order valence-corrected chi connectivity index (χ0v) is 14.7. The molecule has 5 nitrogen and oxygen atoms in total. The number of hydrogen-bond donors (Lipinski definition) is 1. The largest absolute Gasteiger partial charge is 0.423 e. The molecular formula is C20H27N3O2. The van der Waals surface area contributed by atoms with Crippen LogP contribution < -0.4 is 10.2 Å². The first kappa shape index (κ1) is 15.6. The second-order valence-corrected chi connectivity index (χ2v) is 7.99. The molecular weight excluding hydrogens is 314 g/mol. The fourth-order valence-corrected chi connectivity index (χ4v) is 4.89. The number of anilines is 1. The van der Waals surface area contributed by atoms with Crippen LogP contribution in [0, 0.1) is 0 Å². The minimum absolute atomic E-state index is 0.219. The maximum atomic E-state index is 6.18. The highest BCUT2D eigenvalue weighted by molar-refractivity contribution is 5.74. The molecule has 2 saturated heterocycles. The summed E-state index contributed by atoms with van der Waals surface area (Å²) < 4.78 is 12.1. The summed E-state index contributed by atoms with van der Waals surface area (Å²) in [6.07, 6.45) is 8.71. The molecule has 5 heteroatoms. The summed E-state index contributed by atoms with van der Waals surface area (Å²) in [7, 11) is 0. The molecule has 134 valence electrons. The van der Waals surface area contributed by atoms with E-state index >= 15 is 0 Å². The normalized spacial score (nSPS) is 26.9. The van der Waals surface area contributed by atoms with Crippen LogP contribution in [0.25, 0.3) is 11.1 Å². The number of oxazole rings is 1. The van der Waals surface area contributed by atoms with E-state index in [4.69, 9.17) is 9.15 Å². The molecule has 1 spiro atoms. The Hall–Kier alpha value is -1.59. The highest BCUT2D eigenvalue weighted by atomic mass is 16.5. The van der Waals surface area contributed by atoms with Crippen LogP contribution in [-0.4, -0.2) is 42.4 Å². The Bertz CT molecular complexity index is 696. The molecule has 1 N–H and O–H groups in total. The number of para-hydroxylation sites is 2. The number of benzene rings is 1. The van der Waals surface area contributed by atoms with Crippen LogP contribution in [-0.2, 0) is 4.74 Å². The fraction of sp³-hybridized carbons (Fsp3) is 0.650. The van der Waals surface area contributed by atoms with Crippen LogP contribution in [0.4, 0.5) is 6.01 Å². The van der Waals surface area contributed by atoms with Crippen molar-refractivity contribution in [1.82, 2.24) is 10.3 Å². The van der Waals surface area contributed by atoms with E-state index in [0.29, 0.717) is 12.1 Å². The van der Waals surface area contributed by atoms with Gasteiger partial charge in [0.2, 0.25) is 0 Å². The van der Waals surface area contributed by atoms with Crippen molar-refractivity contribution in [3.8, 4) is 0 Å². The van der Waals surface area contributed by atoms with E-state index in [0.717, 1.165) is 49.7 Å². The zero-order chi connectivity index (χ0) is 16.7. The second kappa shape index (κ2) is 6.29. The number of hydrogen-bond acceptors (Lipinski definition) is 5. The van der Waals surface area contributed by atoms with Gasteiger partial charge < -0.3 is 19.4 Å². The summed E-state index contributed by atoms with van der Waals surface area (Å²) in [6.45, 7) is 2.90. The van der Waals surface area contributed by atoms with Gasteiger partial charge in [0.25, 0.3) is 6.01 Å². The topological polar surface area (TPSA) is 50.5 Å². The third-order valence-electron chi connectivity index (χ3n) is 6.24. The Morgan fingerprint density at radius 2 is 1.88 bits per heavy atom. The number of fused-ring (bicyclic) bond motifs is 1.